The Hall–Kier alpha value is 0.420. The van der Waals surface area contributed by atoms with E-state index in [1.807, 2.05) is 0 Å². The summed E-state index contributed by atoms with van der Waals surface area (Å²) in [4.78, 5) is 16.7. The van der Waals surface area contributed by atoms with Crippen molar-refractivity contribution in [1.82, 2.24) is 0 Å². The van der Waals surface area contributed by atoms with Crippen LogP contribution in [0.3, 0.4) is 0 Å². The highest BCUT2D eigenvalue weighted by atomic mass is 35.5. The molecule has 4 nitrogen and oxygen atoms in total. The summed E-state index contributed by atoms with van der Waals surface area (Å²) in [5.41, 5.74) is 0. The van der Waals surface area contributed by atoms with Crippen molar-refractivity contribution in [2.24, 2.45) is 0 Å². The summed E-state index contributed by atoms with van der Waals surface area (Å²) in [7, 11) is 0. The van der Waals surface area contributed by atoms with E-state index in [1.54, 1.807) is 0 Å². The Balaban J connectivity index is 2.19. The highest BCUT2D eigenvalue weighted by Crippen LogP contribution is 2.14. The first-order valence-electron chi connectivity index (χ1n) is 1.71. The van der Waals surface area contributed by atoms with Crippen molar-refractivity contribution < 1.29 is 19.6 Å². The van der Waals surface area contributed by atoms with Gasteiger partial charge in [-0.1, -0.05) is 23.2 Å². The quantitative estimate of drug-likeness (QED) is 0.391. The van der Waals surface area contributed by atoms with Crippen molar-refractivity contribution in [3.05, 3.63) is 0 Å². The van der Waals surface area contributed by atoms with Crippen LogP contribution in [0.15, 0.2) is 0 Å². The molecule has 0 unspecified atom stereocenters. The van der Waals surface area contributed by atoms with E-state index >= 15 is 0 Å². The van der Waals surface area contributed by atoms with Gasteiger partial charge in [0, 0.05) is 0 Å². The van der Waals surface area contributed by atoms with Gasteiger partial charge in [0.1, 0.15) is 0 Å². The van der Waals surface area contributed by atoms with E-state index in [4.69, 9.17) is 23.2 Å². The number of alkyl halides is 2. The van der Waals surface area contributed by atoms with Crippen LogP contribution in [0.1, 0.15) is 0 Å². The standard InChI is InChI=1S/C2H2Cl2O4/c3-1-5-7-2(4)8-6-1/h1-2H. The van der Waals surface area contributed by atoms with Crippen LogP contribution in [0.5, 0.6) is 0 Å². The number of halogens is 2. The molecule has 0 aromatic heterocycles. The molecule has 0 bridgehead atoms. The topological polar surface area (TPSA) is 36.9 Å². The van der Waals surface area contributed by atoms with Crippen molar-refractivity contribution in [2.45, 2.75) is 11.5 Å². The first-order chi connectivity index (χ1) is 3.79. The van der Waals surface area contributed by atoms with Crippen molar-refractivity contribution in [3.8, 4) is 0 Å². The molecule has 0 radical (unpaired) electrons. The third-order valence-corrected chi connectivity index (χ3v) is 0.705. The molecule has 1 aliphatic heterocycles. The van der Waals surface area contributed by atoms with Crippen LogP contribution < -0.4 is 0 Å². The van der Waals surface area contributed by atoms with Gasteiger partial charge in [0.2, 0.25) is 0 Å². The zero-order chi connectivity index (χ0) is 5.98. The molecule has 0 saturated carbocycles. The van der Waals surface area contributed by atoms with E-state index in [2.05, 4.69) is 19.6 Å². The molecule has 0 amide bonds. The van der Waals surface area contributed by atoms with E-state index < -0.39 is 11.5 Å². The summed E-state index contributed by atoms with van der Waals surface area (Å²) in [6, 6.07) is 0. The summed E-state index contributed by atoms with van der Waals surface area (Å²) in [5, 5.41) is 0. The first-order valence-corrected chi connectivity index (χ1v) is 2.59. The van der Waals surface area contributed by atoms with Crippen LogP contribution in [-0.2, 0) is 19.6 Å². The van der Waals surface area contributed by atoms with Gasteiger partial charge >= 0.3 is 0 Å². The molecule has 1 saturated heterocycles. The predicted molar refractivity (Wildman–Crippen MR) is 23.6 cm³/mol. The van der Waals surface area contributed by atoms with Crippen LogP contribution in [0.2, 0.25) is 0 Å². The van der Waals surface area contributed by atoms with Crippen molar-refractivity contribution in [1.29, 1.82) is 0 Å². The molecule has 1 fully saturated rings. The molecule has 1 heterocycles. The van der Waals surface area contributed by atoms with E-state index in [1.165, 1.54) is 0 Å². The highest BCUT2D eigenvalue weighted by molar-refractivity contribution is 6.19. The Bertz CT molecular complexity index is 60.4. The van der Waals surface area contributed by atoms with E-state index in [0.29, 0.717) is 0 Å². The maximum Gasteiger partial charge on any atom is 0.298 e. The van der Waals surface area contributed by atoms with Gasteiger partial charge in [-0.15, -0.1) is 0 Å². The summed E-state index contributed by atoms with van der Waals surface area (Å²) in [6.07, 6.45) is 0. The van der Waals surface area contributed by atoms with Crippen LogP contribution in [0, 0.1) is 0 Å². The smallest absolute Gasteiger partial charge is 0.180 e. The van der Waals surface area contributed by atoms with Crippen LogP contribution in [-0.4, -0.2) is 11.5 Å². The van der Waals surface area contributed by atoms with Gasteiger partial charge < -0.3 is 0 Å². The Kier molecular flexibility index (Phi) is 2.30. The lowest BCUT2D eigenvalue weighted by atomic mass is 11.4. The zero-order valence-corrected chi connectivity index (χ0v) is 5.06. The van der Waals surface area contributed by atoms with Crippen LogP contribution in [0.4, 0.5) is 0 Å². The molecule has 8 heavy (non-hydrogen) atoms. The Morgan fingerprint density at radius 1 is 0.750 bits per heavy atom. The Labute approximate surface area is 55.0 Å². The van der Waals surface area contributed by atoms with Gasteiger partial charge in [-0.05, 0) is 0 Å². The van der Waals surface area contributed by atoms with Gasteiger partial charge in [-0.25, -0.2) is 0 Å². The molecule has 0 atom stereocenters. The second kappa shape index (κ2) is 2.82. The SMILES string of the molecule is ClC1OOC(Cl)OO1. The fourth-order valence-electron chi connectivity index (χ4n) is 0.207. The summed E-state index contributed by atoms with van der Waals surface area (Å²) in [6.45, 7) is 0. The maximum absolute atomic E-state index is 5.13. The van der Waals surface area contributed by atoms with Gasteiger partial charge in [0.15, 0.2) is 0 Å². The van der Waals surface area contributed by atoms with E-state index in [9.17, 15) is 0 Å². The number of hydrogen-bond donors (Lipinski definition) is 0. The third kappa shape index (κ3) is 1.74. The van der Waals surface area contributed by atoms with Gasteiger partial charge in [0.05, 0.1) is 0 Å². The lowest BCUT2D eigenvalue weighted by molar-refractivity contribution is -0.553. The zero-order valence-electron chi connectivity index (χ0n) is 3.54. The highest BCUT2D eigenvalue weighted by Gasteiger charge is 2.20. The van der Waals surface area contributed by atoms with Crippen molar-refractivity contribution >= 4 is 23.2 Å². The molecule has 6 heteroatoms. The minimum absolute atomic E-state index is 1.04. The van der Waals surface area contributed by atoms with E-state index in [-0.39, 0.29) is 0 Å². The first kappa shape index (κ1) is 6.54. The fraction of sp³-hybridized carbons (Fsp3) is 1.00. The molecule has 0 aromatic carbocycles. The second-order valence-electron chi connectivity index (χ2n) is 0.934. The number of hydrogen-bond acceptors (Lipinski definition) is 4. The van der Waals surface area contributed by atoms with E-state index in [0.717, 1.165) is 0 Å². The fourth-order valence-corrected chi connectivity index (χ4v) is 0.375. The average molecular weight is 161 g/mol. The molecule has 1 rings (SSSR count). The van der Waals surface area contributed by atoms with Crippen LogP contribution >= 0.6 is 23.2 Å². The summed E-state index contributed by atoms with van der Waals surface area (Å²) >= 11 is 10.3. The van der Waals surface area contributed by atoms with Gasteiger partial charge in [-0.3, -0.25) is 0 Å². The van der Waals surface area contributed by atoms with Gasteiger partial charge in [0.25, 0.3) is 11.5 Å². The third-order valence-electron chi connectivity index (χ3n) is 0.414. The molecule has 1 aliphatic rings. The predicted octanol–water partition coefficient (Wildman–Crippen LogP) is 0.941. The minimum atomic E-state index is -1.04. The second-order valence-corrected chi connectivity index (χ2v) is 1.65. The molecular weight excluding hydrogens is 159 g/mol. The normalized spacial score (nSPS) is 39.8. The average Bonchev–Trinajstić information content (AvgIpc) is 1.77. The molecular formula is C2H2Cl2O4. The molecule has 0 aromatic rings. The molecule has 0 aliphatic carbocycles. The Morgan fingerprint density at radius 3 is 1.25 bits per heavy atom. The monoisotopic (exact) mass is 160 g/mol. The largest absolute Gasteiger partial charge is 0.298 e. The maximum atomic E-state index is 5.13. The van der Waals surface area contributed by atoms with Crippen LogP contribution in [0.25, 0.3) is 0 Å². The molecule has 0 N–H and O–H groups in total. The van der Waals surface area contributed by atoms with Crippen molar-refractivity contribution in [2.75, 3.05) is 0 Å². The van der Waals surface area contributed by atoms with Crippen molar-refractivity contribution in [3.63, 3.8) is 0 Å². The number of rotatable bonds is 0. The lowest BCUT2D eigenvalue weighted by Crippen LogP contribution is -2.24. The molecule has 0 spiro atoms. The van der Waals surface area contributed by atoms with Gasteiger partial charge in [-0.2, -0.15) is 19.6 Å². The molecule has 48 valence electrons. The summed E-state index contributed by atoms with van der Waals surface area (Å²) < 4.78 is 0. The lowest BCUT2D eigenvalue weighted by Gasteiger charge is -2.18. The Morgan fingerprint density at radius 2 is 1.00 bits per heavy atom. The minimum Gasteiger partial charge on any atom is -0.180 e. The summed E-state index contributed by atoms with van der Waals surface area (Å²) in [5.74, 6) is -2.07.